The summed E-state index contributed by atoms with van der Waals surface area (Å²) in [5.74, 6) is 1.02. The van der Waals surface area contributed by atoms with Gasteiger partial charge in [0.1, 0.15) is 37.3 Å². The fourth-order valence-corrected chi connectivity index (χ4v) is 6.15. The van der Waals surface area contributed by atoms with Crippen LogP contribution in [0.3, 0.4) is 0 Å². The summed E-state index contributed by atoms with van der Waals surface area (Å²) >= 11 is 0. The minimum atomic E-state index is 0.0312. The maximum Gasteiger partial charge on any atom is 0.315 e. The van der Waals surface area contributed by atoms with Gasteiger partial charge in [-0.25, -0.2) is 0 Å². The van der Waals surface area contributed by atoms with Crippen LogP contribution >= 0.6 is 0 Å². The Hall–Kier alpha value is -0.870. The molecule has 2 saturated heterocycles. The molecule has 140 valence electrons. The van der Waals surface area contributed by atoms with Crippen LogP contribution < -0.4 is 4.90 Å². The number of esters is 1. The highest BCUT2D eigenvalue weighted by Crippen LogP contribution is 2.53. The largest absolute Gasteiger partial charge is 0.461 e. The third kappa shape index (κ3) is 3.16. The minimum absolute atomic E-state index is 0.0312. The molecule has 3 fully saturated rings. The van der Waals surface area contributed by atoms with Gasteiger partial charge in [-0.1, -0.05) is 31.9 Å². The smallest absolute Gasteiger partial charge is 0.315 e. The molecule has 0 spiro atoms. The number of rotatable bonds is 2. The number of carbonyl (C=O) groups excluding carboxylic acids is 1. The highest BCUT2D eigenvalue weighted by atomic mass is 16.6. The van der Waals surface area contributed by atoms with E-state index in [9.17, 15) is 4.79 Å². The summed E-state index contributed by atoms with van der Waals surface area (Å²) in [4.78, 5) is 14.2. The van der Waals surface area contributed by atoms with Crippen molar-refractivity contribution in [2.75, 3.05) is 19.6 Å². The zero-order valence-electron chi connectivity index (χ0n) is 16.2. The first-order valence-electron chi connectivity index (χ1n) is 10.3. The number of carbonyl (C=O) groups is 1. The molecule has 25 heavy (non-hydrogen) atoms. The van der Waals surface area contributed by atoms with E-state index in [-0.39, 0.29) is 41.5 Å². The highest BCUT2D eigenvalue weighted by molar-refractivity contribution is 5.76. The van der Waals surface area contributed by atoms with Crippen molar-refractivity contribution >= 4 is 5.97 Å². The molecule has 0 unspecified atom stereocenters. The predicted octanol–water partition coefficient (Wildman–Crippen LogP) is 1.99. The molecule has 0 aromatic heterocycles. The van der Waals surface area contributed by atoms with Crippen LogP contribution in [0, 0.1) is 23.2 Å². The van der Waals surface area contributed by atoms with Crippen molar-refractivity contribution in [3.8, 4) is 0 Å². The number of ether oxygens (including phenoxy) is 2. The summed E-state index contributed by atoms with van der Waals surface area (Å²) in [5.41, 5.74) is 1.87. The van der Waals surface area contributed by atoms with Gasteiger partial charge in [-0.15, -0.1) is 0 Å². The summed E-state index contributed by atoms with van der Waals surface area (Å²) in [6, 6.07) is 0. The third-order valence-electron chi connectivity index (χ3n) is 7.21. The lowest BCUT2D eigenvalue weighted by molar-refractivity contribution is -0.917. The lowest BCUT2D eigenvalue weighted by Crippen LogP contribution is -3.16. The van der Waals surface area contributed by atoms with Crippen molar-refractivity contribution in [1.82, 2.24) is 0 Å². The zero-order valence-corrected chi connectivity index (χ0v) is 16.2. The molecule has 7 atom stereocenters. The Morgan fingerprint density at radius 3 is 2.68 bits per heavy atom. The van der Waals surface area contributed by atoms with Crippen molar-refractivity contribution in [3.63, 3.8) is 0 Å². The van der Waals surface area contributed by atoms with E-state index in [4.69, 9.17) is 9.47 Å². The van der Waals surface area contributed by atoms with E-state index in [0.717, 1.165) is 26.1 Å². The van der Waals surface area contributed by atoms with Gasteiger partial charge < -0.3 is 14.4 Å². The SMILES string of the molecule is C[C@@H]1C[NH+](C[C@H]2C(=O)O[C@@H]3C[C@@]4(C)CCC[C@H](C)C4=C[C@@H]32)C[C@@H](C)O1. The van der Waals surface area contributed by atoms with Gasteiger partial charge in [0.05, 0.1) is 6.54 Å². The number of quaternary nitrogens is 1. The van der Waals surface area contributed by atoms with Crippen LogP contribution in [-0.2, 0) is 14.3 Å². The molecular weight excluding hydrogens is 314 g/mol. The average Bonchev–Trinajstić information content (AvgIpc) is 2.79. The van der Waals surface area contributed by atoms with Crippen molar-refractivity contribution in [1.29, 1.82) is 0 Å². The van der Waals surface area contributed by atoms with Crippen molar-refractivity contribution < 1.29 is 19.2 Å². The molecular formula is C21H34NO3+. The molecule has 2 aliphatic heterocycles. The lowest BCUT2D eigenvalue weighted by Gasteiger charge is -2.46. The van der Waals surface area contributed by atoms with E-state index < -0.39 is 0 Å². The van der Waals surface area contributed by atoms with Crippen LogP contribution in [0.2, 0.25) is 0 Å². The molecule has 4 aliphatic rings. The maximum absolute atomic E-state index is 12.7. The second kappa shape index (κ2) is 6.38. The fourth-order valence-electron chi connectivity index (χ4n) is 6.15. The first kappa shape index (κ1) is 17.5. The normalized spacial score (nSPS) is 49.8. The van der Waals surface area contributed by atoms with Crippen molar-refractivity contribution in [2.24, 2.45) is 23.2 Å². The van der Waals surface area contributed by atoms with E-state index in [2.05, 4.69) is 33.8 Å². The fraction of sp³-hybridized carbons (Fsp3) is 0.857. The molecule has 0 amide bonds. The zero-order chi connectivity index (χ0) is 17.8. The maximum atomic E-state index is 12.7. The van der Waals surface area contributed by atoms with Crippen molar-refractivity contribution in [3.05, 3.63) is 11.6 Å². The van der Waals surface area contributed by atoms with Gasteiger partial charge in [-0.05, 0) is 44.4 Å². The summed E-state index contributed by atoms with van der Waals surface area (Å²) in [6.45, 7) is 11.9. The number of morpholine rings is 1. The van der Waals surface area contributed by atoms with Crippen LogP contribution in [0.15, 0.2) is 11.6 Å². The lowest BCUT2D eigenvalue weighted by atomic mass is 9.59. The Kier molecular flexibility index (Phi) is 4.48. The summed E-state index contributed by atoms with van der Waals surface area (Å²) < 4.78 is 11.8. The molecule has 1 saturated carbocycles. The molecule has 2 heterocycles. The Labute approximate surface area is 151 Å². The number of fused-ring (bicyclic) bond motifs is 2. The monoisotopic (exact) mass is 348 g/mol. The van der Waals surface area contributed by atoms with Crippen LogP contribution in [-0.4, -0.2) is 43.9 Å². The molecule has 0 radical (unpaired) electrons. The standard InChI is InChI=1S/C21H33NO3/c1-13-6-5-7-21(4)9-19-16(8-18(13)21)17(20(23)25-19)12-22-10-14(2)24-15(3)11-22/h8,13-17,19H,5-7,9-12H2,1-4H3/p+1/t13-,14+,15+,16+,17+,19+,21+/m0/s1. The van der Waals surface area contributed by atoms with E-state index in [1.165, 1.54) is 24.2 Å². The highest BCUT2D eigenvalue weighted by Gasteiger charge is 2.53. The van der Waals surface area contributed by atoms with Crippen LogP contribution in [0.25, 0.3) is 0 Å². The van der Waals surface area contributed by atoms with Crippen LogP contribution in [0.4, 0.5) is 0 Å². The Morgan fingerprint density at radius 1 is 1.24 bits per heavy atom. The first-order chi connectivity index (χ1) is 11.9. The second-order valence-corrected chi connectivity index (χ2v) is 9.46. The number of allylic oxidation sites excluding steroid dienone is 1. The van der Waals surface area contributed by atoms with Gasteiger partial charge in [0, 0.05) is 5.92 Å². The van der Waals surface area contributed by atoms with Crippen LogP contribution in [0.1, 0.15) is 53.4 Å². The Bertz CT molecular complexity index is 563. The minimum Gasteiger partial charge on any atom is -0.461 e. The Balaban J connectivity index is 1.55. The molecule has 4 heteroatoms. The van der Waals surface area contributed by atoms with Crippen LogP contribution in [0.5, 0.6) is 0 Å². The summed E-state index contributed by atoms with van der Waals surface area (Å²) in [7, 11) is 0. The van der Waals surface area contributed by atoms with Gasteiger partial charge in [-0.2, -0.15) is 0 Å². The molecule has 0 aromatic rings. The van der Waals surface area contributed by atoms with E-state index in [1.54, 1.807) is 5.57 Å². The van der Waals surface area contributed by atoms with Gasteiger partial charge >= 0.3 is 5.97 Å². The quantitative estimate of drug-likeness (QED) is 0.613. The Morgan fingerprint density at radius 2 is 1.96 bits per heavy atom. The van der Waals surface area contributed by atoms with E-state index in [1.807, 2.05) is 0 Å². The molecule has 2 aliphatic carbocycles. The van der Waals surface area contributed by atoms with E-state index >= 15 is 0 Å². The number of nitrogens with one attached hydrogen (secondary N) is 1. The molecule has 1 N–H and O–H groups in total. The van der Waals surface area contributed by atoms with Gasteiger partial charge in [0.15, 0.2) is 0 Å². The van der Waals surface area contributed by atoms with Crippen molar-refractivity contribution in [2.45, 2.75) is 71.7 Å². The third-order valence-corrected chi connectivity index (χ3v) is 7.21. The summed E-state index contributed by atoms with van der Waals surface area (Å²) in [5, 5.41) is 0. The summed E-state index contributed by atoms with van der Waals surface area (Å²) in [6.07, 6.45) is 8.00. The molecule has 4 nitrogen and oxygen atoms in total. The predicted molar refractivity (Wildman–Crippen MR) is 96.3 cm³/mol. The average molecular weight is 349 g/mol. The number of hydrogen-bond acceptors (Lipinski definition) is 3. The second-order valence-electron chi connectivity index (χ2n) is 9.46. The molecule has 4 rings (SSSR count). The van der Waals surface area contributed by atoms with Gasteiger partial charge in [0.2, 0.25) is 0 Å². The first-order valence-corrected chi connectivity index (χ1v) is 10.3. The van der Waals surface area contributed by atoms with Gasteiger partial charge in [-0.3, -0.25) is 4.79 Å². The molecule has 0 aromatic carbocycles. The topological polar surface area (TPSA) is 40.0 Å². The number of hydrogen-bond donors (Lipinski definition) is 1. The molecule has 0 bridgehead atoms. The van der Waals surface area contributed by atoms with E-state index in [0.29, 0.717) is 5.92 Å². The van der Waals surface area contributed by atoms with Gasteiger partial charge in [0.25, 0.3) is 0 Å².